The van der Waals surface area contributed by atoms with Gasteiger partial charge in [-0.05, 0) is 43.2 Å². The molecule has 0 radical (unpaired) electrons. The van der Waals surface area contributed by atoms with Crippen molar-refractivity contribution >= 4 is 17.5 Å². The third-order valence-corrected chi connectivity index (χ3v) is 6.88. The molecule has 0 aliphatic carbocycles. The lowest BCUT2D eigenvalue weighted by Crippen LogP contribution is -2.49. The summed E-state index contributed by atoms with van der Waals surface area (Å²) in [6.07, 6.45) is 2.73. The van der Waals surface area contributed by atoms with Gasteiger partial charge in [-0.3, -0.25) is 9.69 Å². The fraction of sp³-hybridized carbons (Fsp3) is 0.542. The molecular formula is C24H30F2N6O2. The van der Waals surface area contributed by atoms with Gasteiger partial charge >= 0.3 is 0 Å². The van der Waals surface area contributed by atoms with Gasteiger partial charge in [-0.25, -0.2) is 8.78 Å². The molecular weight excluding hydrogens is 442 g/mol. The summed E-state index contributed by atoms with van der Waals surface area (Å²) < 4.78 is 32.4. The van der Waals surface area contributed by atoms with Gasteiger partial charge in [0.05, 0.1) is 6.10 Å². The van der Waals surface area contributed by atoms with E-state index >= 15 is 0 Å². The third kappa shape index (κ3) is 5.12. The summed E-state index contributed by atoms with van der Waals surface area (Å²) >= 11 is 0. The zero-order valence-corrected chi connectivity index (χ0v) is 19.2. The first-order valence-corrected chi connectivity index (χ1v) is 12.0. The molecule has 8 nitrogen and oxygen atoms in total. The molecule has 3 saturated heterocycles. The van der Waals surface area contributed by atoms with Crippen LogP contribution >= 0.6 is 0 Å². The fourth-order valence-corrected chi connectivity index (χ4v) is 4.84. The van der Waals surface area contributed by atoms with Crippen molar-refractivity contribution in [3.05, 3.63) is 47.5 Å². The molecule has 3 aliphatic heterocycles. The number of benzene rings is 1. The van der Waals surface area contributed by atoms with Crippen molar-refractivity contribution in [2.75, 3.05) is 75.3 Å². The van der Waals surface area contributed by atoms with Crippen molar-refractivity contribution in [2.24, 2.45) is 0 Å². The molecule has 1 amide bonds. The molecule has 1 unspecified atom stereocenters. The summed E-state index contributed by atoms with van der Waals surface area (Å²) in [5.41, 5.74) is 0.160. The van der Waals surface area contributed by atoms with Crippen LogP contribution in [0.3, 0.4) is 0 Å². The summed E-state index contributed by atoms with van der Waals surface area (Å²) in [6, 6.07) is 7.25. The Morgan fingerprint density at radius 2 is 1.53 bits per heavy atom. The number of nitrogens with zero attached hydrogens (tertiary/aromatic N) is 6. The molecule has 0 N–H and O–H groups in total. The van der Waals surface area contributed by atoms with E-state index in [1.807, 2.05) is 12.1 Å². The molecule has 0 spiro atoms. The second-order valence-electron chi connectivity index (χ2n) is 9.08. The largest absolute Gasteiger partial charge is 0.377 e. The monoisotopic (exact) mass is 472 g/mol. The van der Waals surface area contributed by atoms with Gasteiger partial charge in [0, 0.05) is 71.1 Å². The highest BCUT2D eigenvalue weighted by Crippen LogP contribution is 2.20. The Labute approximate surface area is 198 Å². The maximum Gasteiger partial charge on any atom is 0.254 e. The van der Waals surface area contributed by atoms with Crippen LogP contribution in [-0.2, 0) is 4.74 Å². The van der Waals surface area contributed by atoms with Crippen LogP contribution in [0.5, 0.6) is 0 Å². The molecule has 2 aromatic rings. The maximum atomic E-state index is 13.5. The van der Waals surface area contributed by atoms with Gasteiger partial charge in [0.2, 0.25) is 0 Å². The predicted molar refractivity (Wildman–Crippen MR) is 124 cm³/mol. The second-order valence-corrected chi connectivity index (χ2v) is 9.08. The first-order chi connectivity index (χ1) is 16.6. The van der Waals surface area contributed by atoms with E-state index in [0.717, 1.165) is 63.1 Å². The van der Waals surface area contributed by atoms with Crippen LogP contribution in [0.1, 0.15) is 23.2 Å². The third-order valence-electron chi connectivity index (χ3n) is 6.88. The Kier molecular flexibility index (Phi) is 6.87. The second kappa shape index (κ2) is 10.2. The molecule has 1 aromatic heterocycles. The number of halogens is 2. The van der Waals surface area contributed by atoms with Crippen LogP contribution < -0.4 is 9.80 Å². The molecule has 0 saturated carbocycles. The van der Waals surface area contributed by atoms with Gasteiger partial charge in [0.15, 0.2) is 23.3 Å². The van der Waals surface area contributed by atoms with Gasteiger partial charge in [-0.2, -0.15) is 0 Å². The summed E-state index contributed by atoms with van der Waals surface area (Å²) in [6.45, 7) is 7.92. The maximum absolute atomic E-state index is 13.5. The zero-order chi connectivity index (χ0) is 23.5. The topological polar surface area (TPSA) is 65.0 Å². The van der Waals surface area contributed by atoms with Crippen molar-refractivity contribution in [3.63, 3.8) is 0 Å². The van der Waals surface area contributed by atoms with E-state index in [9.17, 15) is 13.6 Å². The van der Waals surface area contributed by atoms with Crippen LogP contribution in [-0.4, -0.2) is 97.5 Å². The van der Waals surface area contributed by atoms with Crippen LogP contribution in [0.15, 0.2) is 30.3 Å². The van der Waals surface area contributed by atoms with Gasteiger partial charge < -0.3 is 19.4 Å². The molecule has 1 atom stereocenters. The van der Waals surface area contributed by atoms with E-state index in [1.165, 1.54) is 18.9 Å². The molecule has 0 bridgehead atoms. The predicted octanol–water partition coefficient (Wildman–Crippen LogP) is 2.02. The molecule has 4 heterocycles. The minimum atomic E-state index is -1.01. The number of aromatic nitrogens is 2. The van der Waals surface area contributed by atoms with Gasteiger partial charge in [0.25, 0.3) is 5.91 Å². The smallest absolute Gasteiger partial charge is 0.254 e. The molecule has 34 heavy (non-hydrogen) atoms. The fourth-order valence-electron chi connectivity index (χ4n) is 4.84. The minimum absolute atomic E-state index is 0.160. The Bertz CT molecular complexity index is 985. The summed E-state index contributed by atoms with van der Waals surface area (Å²) in [7, 11) is 0. The van der Waals surface area contributed by atoms with Crippen molar-refractivity contribution < 1.29 is 18.3 Å². The van der Waals surface area contributed by atoms with Crippen LogP contribution in [0.4, 0.5) is 20.4 Å². The minimum Gasteiger partial charge on any atom is -0.377 e. The number of carbonyl (C=O) groups excluding carboxylic acids is 1. The Morgan fingerprint density at radius 1 is 0.882 bits per heavy atom. The highest BCUT2D eigenvalue weighted by atomic mass is 19.2. The number of rotatable bonds is 5. The van der Waals surface area contributed by atoms with Crippen molar-refractivity contribution in [2.45, 2.75) is 18.9 Å². The van der Waals surface area contributed by atoms with Crippen molar-refractivity contribution in [3.8, 4) is 0 Å². The number of hydrogen-bond acceptors (Lipinski definition) is 7. The SMILES string of the molecule is O=C(c1ccc(F)c(F)c1)N1CCN(c2ccc(N3CCN(CC4CCCO4)CC3)nn2)CC1. The normalized spacial score (nSPS) is 21.8. The first kappa shape index (κ1) is 22.9. The van der Waals surface area contributed by atoms with Crippen molar-refractivity contribution in [1.82, 2.24) is 20.0 Å². The summed E-state index contributed by atoms with van der Waals surface area (Å²) in [5, 5.41) is 8.89. The average molecular weight is 473 g/mol. The number of carbonyl (C=O) groups is 1. The van der Waals surface area contributed by atoms with Gasteiger partial charge in [-0.1, -0.05) is 0 Å². The number of piperazine rings is 2. The molecule has 5 rings (SSSR count). The highest BCUT2D eigenvalue weighted by molar-refractivity contribution is 5.94. The van der Waals surface area contributed by atoms with Crippen LogP contribution in [0.25, 0.3) is 0 Å². The number of hydrogen-bond donors (Lipinski definition) is 0. The molecule has 10 heteroatoms. The van der Waals surface area contributed by atoms with Gasteiger partial charge in [-0.15, -0.1) is 10.2 Å². The van der Waals surface area contributed by atoms with Crippen LogP contribution in [0, 0.1) is 11.6 Å². The zero-order valence-electron chi connectivity index (χ0n) is 19.2. The lowest BCUT2D eigenvalue weighted by atomic mass is 10.1. The molecule has 1 aromatic carbocycles. The lowest BCUT2D eigenvalue weighted by Gasteiger charge is -2.37. The van der Waals surface area contributed by atoms with E-state index in [-0.39, 0.29) is 11.5 Å². The Morgan fingerprint density at radius 3 is 2.09 bits per heavy atom. The summed E-state index contributed by atoms with van der Waals surface area (Å²) in [4.78, 5) is 21.1. The Hall–Kier alpha value is -2.85. The first-order valence-electron chi connectivity index (χ1n) is 12.0. The standard InChI is InChI=1S/C24H30F2N6O2/c25-20-4-3-18(16-21(20)26)24(33)32-13-11-31(12-14-32)23-6-5-22(27-28-23)30-9-7-29(8-10-30)17-19-2-1-15-34-19/h3-6,16,19H,1-2,7-15,17H2. The molecule has 182 valence electrons. The highest BCUT2D eigenvalue weighted by Gasteiger charge is 2.25. The van der Waals surface area contributed by atoms with Crippen LogP contribution in [0.2, 0.25) is 0 Å². The van der Waals surface area contributed by atoms with Crippen molar-refractivity contribution in [1.29, 1.82) is 0 Å². The average Bonchev–Trinajstić information content (AvgIpc) is 3.39. The van der Waals surface area contributed by atoms with E-state index in [0.29, 0.717) is 32.3 Å². The van der Waals surface area contributed by atoms with Gasteiger partial charge in [0.1, 0.15) is 0 Å². The molecule has 3 aliphatic rings. The number of amides is 1. The van der Waals surface area contributed by atoms with E-state index in [2.05, 4.69) is 24.9 Å². The Balaban J connectivity index is 1.11. The summed E-state index contributed by atoms with van der Waals surface area (Å²) in [5.74, 6) is -0.597. The van der Waals surface area contributed by atoms with E-state index in [1.54, 1.807) is 4.90 Å². The number of ether oxygens (including phenoxy) is 1. The number of anilines is 2. The van der Waals surface area contributed by atoms with E-state index < -0.39 is 11.6 Å². The molecule has 3 fully saturated rings. The van der Waals surface area contributed by atoms with E-state index in [4.69, 9.17) is 4.74 Å². The lowest BCUT2D eigenvalue weighted by molar-refractivity contribution is 0.0712. The quantitative estimate of drug-likeness (QED) is 0.660.